The van der Waals surface area contributed by atoms with Crippen molar-refractivity contribution in [2.75, 3.05) is 11.1 Å². The number of primary amides is 1. The third-order valence-corrected chi connectivity index (χ3v) is 5.28. The number of benzene rings is 2. The molecule has 0 atom stereocenters. The number of aromatic nitrogens is 2. The Bertz CT molecular complexity index is 1180. The van der Waals surface area contributed by atoms with E-state index in [2.05, 4.69) is 10.4 Å². The molecule has 4 rings (SSSR count). The molecule has 0 fully saturated rings. The Morgan fingerprint density at radius 2 is 1.89 bits per heavy atom. The van der Waals surface area contributed by atoms with Gasteiger partial charge < -0.3 is 16.8 Å². The second-order valence-corrected chi connectivity index (χ2v) is 7.38. The van der Waals surface area contributed by atoms with Gasteiger partial charge in [-0.05, 0) is 35.2 Å². The van der Waals surface area contributed by atoms with Crippen molar-refractivity contribution < 1.29 is 9.59 Å². The number of fused-ring (bicyclic) bond motifs is 1. The molecular formula is C20H17N5O2S. The van der Waals surface area contributed by atoms with Crippen molar-refractivity contribution in [2.24, 2.45) is 5.73 Å². The second-order valence-electron chi connectivity index (χ2n) is 6.29. The lowest BCUT2D eigenvalue weighted by atomic mass is 10.1. The number of rotatable bonds is 5. The first-order valence-electron chi connectivity index (χ1n) is 8.52. The summed E-state index contributed by atoms with van der Waals surface area (Å²) in [6.07, 6.45) is 1.83. The maximum atomic E-state index is 12.7. The van der Waals surface area contributed by atoms with Gasteiger partial charge in [0, 0.05) is 4.70 Å². The molecule has 140 valence electrons. The van der Waals surface area contributed by atoms with Crippen LogP contribution in [0.5, 0.6) is 0 Å². The van der Waals surface area contributed by atoms with Crippen molar-refractivity contribution in [2.45, 2.75) is 6.42 Å². The SMILES string of the molecule is NC(=O)Cc1ccc2cc(C(=O)Nc3nn(-c4ccccc4)cc3N)sc2c1. The molecule has 28 heavy (non-hydrogen) atoms. The third-order valence-electron chi connectivity index (χ3n) is 4.18. The summed E-state index contributed by atoms with van der Waals surface area (Å²) in [4.78, 5) is 24.3. The lowest BCUT2D eigenvalue weighted by Gasteiger charge is -2.01. The molecular weight excluding hydrogens is 374 g/mol. The molecule has 8 heteroatoms. The number of thiophene rings is 1. The fourth-order valence-corrected chi connectivity index (χ4v) is 3.89. The lowest BCUT2D eigenvalue weighted by molar-refractivity contribution is -0.117. The van der Waals surface area contributed by atoms with E-state index in [1.165, 1.54) is 11.3 Å². The largest absolute Gasteiger partial charge is 0.394 e. The molecule has 2 aromatic heterocycles. The number of hydrogen-bond acceptors (Lipinski definition) is 5. The number of anilines is 2. The van der Waals surface area contributed by atoms with Crippen LogP contribution < -0.4 is 16.8 Å². The molecule has 5 N–H and O–H groups in total. The van der Waals surface area contributed by atoms with Gasteiger partial charge in [0.25, 0.3) is 5.91 Å². The third kappa shape index (κ3) is 3.58. The normalized spacial score (nSPS) is 10.9. The highest BCUT2D eigenvalue weighted by atomic mass is 32.1. The van der Waals surface area contributed by atoms with Crippen LogP contribution in [0.1, 0.15) is 15.2 Å². The van der Waals surface area contributed by atoms with Crippen LogP contribution in [0.15, 0.2) is 60.8 Å². The molecule has 7 nitrogen and oxygen atoms in total. The van der Waals surface area contributed by atoms with E-state index in [1.54, 1.807) is 16.9 Å². The van der Waals surface area contributed by atoms with Gasteiger partial charge in [0.15, 0.2) is 5.82 Å². The van der Waals surface area contributed by atoms with Crippen molar-refractivity contribution >= 4 is 44.7 Å². The van der Waals surface area contributed by atoms with Gasteiger partial charge in [0.2, 0.25) is 5.91 Å². The van der Waals surface area contributed by atoms with E-state index in [1.807, 2.05) is 48.5 Å². The standard InChI is InChI=1S/C20H17N5O2S/c21-15-11-25(14-4-2-1-3-5-14)24-19(15)23-20(27)17-10-13-7-6-12(9-18(22)26)8-16(13)28-17/h1-8,10-11H,9,21H2,(H2,22,26)(H,23,24,27). The molecule has 0 spiro atoms. The lowest BCUT2D eigenvalue weighted by Crippen LogP contribution is -2.13. The van der Waals surface area contributed by atoms with Crippen LogP contribution in [0.25, 0.3) is 15.8 Å². The Kier molecular flexibility index (Phi) is 4.54. The maximum absolute atomic E-state index is 12.7. The topological polar surface area (TPSA) is 116 Å². The number of carbonyl (C=O) groups is 2. The van der Waals surface area contributed by atoms with Gasteiger partial charge in [-0.3, -0.25) is 9.59 Å². The van der Waals surface area contributed by atoms with Gasteiger partial charge >= 0.3 is 0 Å². The molecule has 0 aliphatic carbocycles. The smallest absolute Gasteiger partial charge is 0.267 e. The molecule has 4 aromatic rings. The number of nitrogens with zero attached hydrogens (tertiary/aromatic N) is 2. The molecule has 2 heterocycles. The van der Waals surface area contributed by atoms with Crippen LogP contribution in [-0.4, -0.2) is 21.6 Å². The van der Waals surface area contributed by atoms with Gasteiger partial charge in [0.1, 0.15) is 0 Å². The average Bonchev–Trinajstić information content (AvgIpc) is 3.25. The van der Waals surface area contributed by atoms with Crippen molar-refractivity contribution in [1.29, 1.82) is 0 Å². The number of para-hydroxylation sites is 1. The highest BCUT2D eigenvalue weighted by molar-refractivity contribution is 7.20. The minimum absolute atomic E-state index is 0.169. The summed E-state index contributed by atoms with van der Waals surface area (Å²) in [6.45, 7) is 0. The number of nitrogen functional groups attached to an aromatic ring is 1. The molecule has 2 aromatic carbocycles. The van der Waals surface area contributed by atoms with Crippen LogP contribution in [0.4, 0.5) is 11.5 Å². The van der Waals surface area contributed by atoms with Gasteiger partial charge in [-0.15, -0.1) is 16.4 Å². The highest BCUT2D eigenvalue weighted by Gasteiger charge is 2.15. The van der Waals surface area contributed by atoms with Gasteiger partial charge in [-0.1, -0.05) is 30.3 Å². The van der Waals surface area contributed by atoms with Crippen LogP contribution in [0, 0.1) is 0 Å². The Morgan fingerprint density at radius 3 is 2.64 bits per heavy atom. The van der Waals surface area contributed by atoms with Crippen LogP contribution in [0.3, 0.4) is 0 Å². The number of carbonyl (C=O) groups excluding carboxylic acids is 2. The number of nitrogens with two attached hydrogens (primary N) is 2. The molecule has 0 saturated carbocycles. The van der Waals surface area contributed by atoms with E-state index in [0.717, 1.165) is 21.3 Å². The summed E-state index contributed by atoms with van der Waals surface area (Å²) in [5.41, 5.74) is 13.3. The van der Waals surface area contributed by atoms with Gasteiger partial charge in [0.05, 0.1) is 28.9 Å². The monoisotopic (exact) mass is 391 g/mol. The summed E-state index contributed by atoms with van der Waals surface area (Å²) >= 11 is 1.34. The molecule has 2 amide bonds. The zero-order valence-corrected chi connectivity index (χ0v) is 15.6. The zero-order chi connectivity index (χ0) is 19.7. The minimum atomic E-state index is -0.390. The summed E-state index contributed by atoms with van der Waals surface area (Å²) in [5, 5.41) is 8.05. The first-order valence-corrected chi connectivity index (χ1v) is 9.34. The van der Waals surface area contributed by atoms with E-state index in [-0.39, 0.29) is 12.3 Å². The number of amides is 2. The number of hydrogen-bond donors (Lipinski definition) is 3. The van der Waals surface area contributed by atoms with Gasteiger partial charge in [-0.25, -0.2) is 4.68 Å². The van der Waals surface area contributed by atoms with E-state index < -0.39 is 5.91 Å². The van der Waals surface area contributed by atoms with E-state index in [0.29, 0.717) is 16.4 Å². The second kappa shape index (κ2) is 7.16. The van der Waals surface area contributed by atoms with Crippen LogP contribution >= 0.6 is 11.3 Å². The molecule has 0 bridgehead atoms. The van der Waals surface area contributed by atoms with Crippen molar-refractivity contribution in [3.63, 3.8) is 0 Å². The first-order chi connectivity index (χ1) is 13.5. The van der Waals surface area contributed by atoms with Crippen LogP contribution in [-0.2, 0) is 11.2 Å². The van der Waals surface area contributed by atoms with Crippen molar-refractivity contribution in [3.05, 3.63) is 71.2 Å². The predicted molar refractivity (Wildman–Crippen MR) is 111 cm³/mol. The maximum Gasteiger partial charge on any atom is 0.267 e. The zero-order valence-electron chi connectivity index (χ0n) is 14.8. The van der Waals surface area contributed by atoms with E-state index >= 15 is 0 Å². The summed E-state index contributed by atoms with van der Waals surface area (Å²) in [5.74, 6) is -0.373. The Balaban J connectivity index is 1.57. The average molecular weight is 391 g/mol. The first kappa shape index (κ1) is 17.7. The van der Waals surface area contributed by atoms with Crippen molar-refractivity contribution in [3.8, 4) is 5.69 Å². The molecule has 0 saturated heterocycles. The Hall–Kier alpha value is -3.65. The summed E-state index contributed by atoms with van der Waals surface area (Å²) in [6, 6.07) is 16.9. The fraction of sp³-hybridized carbons (Fsp3) is 0.0500. The van der Waals surface area contributed by atoms with Crippen LogP contribution in [0.2, 0.25) is 0 Å². The van der Waals surface area contributed by atoms with Gasteiger partial charge in [-0.2, -0.15) is 0 Å². The highest BCUT2D eigenvalue weighted by Crippen LogP contribution is 2.28. The summed E-state index contributed by atoms with van der Waals surface area (Å²) < 4.78 is 2.53. The van der Waals surface area contributed by atoms with E-state index in [4.69, 9.17) is 11.5 Å². The van der Waals surface area contributed by atoms with E-state index in [9.17, 15) is 9.59 Å². The Morgan fingerprint density at radius 1 is 1.11 bits per heavy atom. The van der Waals surface area contributed by atoms with Crippen molar-refractivity contribution in [1.82, 2.24) is 9.78 Å². The quantitative estimate of drug-likeness (QED) is 0.485. The molecule has 0 aliphatic heterocycles. The minimum Gasteiger partial charge on any atom is -0.394 e. The Labute approximate surface area is 164 Å². The number of nitrogens with one attached hydrogen (secondary N) is 1. The predicted octanol–water partition coefficient (Wildman–Crippen LogP) is 2.95. The summed E-state index contributed by atoms with van der Waals surface area (Å²) in [7, 11) is 0. The molecule has 0 radical (unpaired) electrons. The fourth-order valence-electron chi connectivity index (χ4n) is 2.87. The molecule has 0 unspecified atom stereocenters. The molecule has 0 aliphatic rings.